The van der Waals surface area contributed by atoms with E-state index in [0.29, 0.717) is 11.8 Å². The fourth-order valence-electron chi connectivity index (χ4n) is 4.72. The van der Waals surface area contributed by atoms with Gasteiger partial charge in [0.2, 0.25) is 0 Å². The van der Waals surface area contributed by atoms with Crippen molar-refractivity contribution in [1.29, 1.82) is 0 Å². The van der Waals surface area contributed by atoms with E-state index in [0.717, 1.165) is 38.3 Å². The highest BCUT2D eigenvalue weighted by Crippen LogP contribution is 2.50. The second kappa shape index (κ2) is 5.17. The molecule has 1 saturated heterocycles. The number of fused-ring (bicyclic) bond motifs is 2. The van der Waals surface area contributed by atoms with Gasteiger partial charge in [0.15, 0.2) is 0 Å². The summed E-state index contributed by atoms with van der Waals surface area (Å²) in [5.74, 6) is 2.11. The third-order valence-electron chi connectivity index (χ3n) is 6.07. The van der Waals surface area contributed by atoms with E-state index in [9.17, 15) is 4.79 Å². The molecule has 2 aliphatic heterocycles. The van der Waals surface area contributed by atoms with Crippen molar-refractivity contribution >= 4 is 11.7 Å². The lowest BCUT2D eigenvalue weighted by atomic mass is 9.85. The zero-order valence-corrected chi connectivity index (χ0v) is 14.2. The molecule has 1 aromatic rings. The van der Waals surface area contributed by atoms with E-state index in [1.807, 2.05) is 14.0 Å². The second-order valence-corrected chi connectivity index (χ2v) is 7.53. The Balaban J connectivity index is 1.52. The first-order valence-electron chi connectivity index (χ1n) is 8.62. The van der Waals surface area contributed by atoms with Crippen LogP contribution in [0.4, 0.5) is 0 Å². The van der Waals surface area contributed by atoms with E-state index < -0.39 is 5.54 Å². The van der Waals surface area contributed by atoms with Gasteiger partial charge in [-0.15, -0.1) is 0 Å². The third-order valence-corrected chi connectivity index (χ3v) is 6.07. The highest BCUT2D eigenvalue weighted by Gasteiger charge is 2.59. The summed E-state index contributed by atoms with van der Waals surface area (Å²) in [4.78, 5) is 21.9. The molecular formula is C19H25N3O. The monoisotopic (exact) mass is 311 g/mol. The van der Waals surface area contributed by atoms with Crippen LogP contribution >= 0.6 is 0 Å². The topological polar surface area (TPSA) is 35.9 Å². The number of likely N-dealkylation sites (tertiary alicyclic amines) is 1. The highest BCUT2D eigenvalue weighted by atomic mass is 16.2. The van der Waals surface area contributed by atoms with E-state index in [1.54, 1.807) is 4.90 Å². The Kier molecular flexibility index (Phi) is 3.34. The van der Waals surface area contributed by atoms with Crippen LogP contribution in [-0.4, -0.2) is 47.2 Å². The second-order valence-electron chi connectivity index (χ2n) is 7.53. The van der Waals surface area contributed by atoms with Crippen molar-refractivity contribution in [2.75, 3.05) is 20.1 Å². The van der Waals surface area contributed by atoms with Crippen LogP contribution in [0.3, 0.4) is 0 Å². The number of carbonyl (C=O) groups excluding carboxylic acids is 1. The number of hydrogen-bond donors (Lipinski definition) is 0. The van der Waals surface area contributed by atoms with Gasteiger partial charge < -0.3 is 4.90 Å². The maximum absolute atomic E-state index is 12.8. The lowest BCUT2D eigenvalue weighted by molar-refractivity contribution is -0.131. The molecule has 0 N–H and O–H groups in total. The lowest BCUT2D eigenvalue weighted by Crippen LogP contribution is -2.45. The number of hydrogen-bond acceptors (Lipinski definition) is 3. The average molecular weight is 311 g/mol. The standard InChI is InChI=1S/C19H25N3O/c1-13-4-6-15(7-5-13)10-22-11-16-8-9-19(17(16)12-22)18(23)21(3)14(2)20-19/h4-7,16-17H,8-12H2,1-3H3/t16-,17+,19-/m0/s1. The maximum Gasteiger partial charge on any atom is 0.255 e. The molecule has 2 heterocycles. The van der Waals surface area contributed by atoms with Crippen molar-refractivity contribution in [1.82, 2.24) is 9.80 Å². The minimum Gasteiger partial charge on any atom is -0.302 e. The number of amidine groups is 1. The average Bonchev–Trinajstić information content (AvgIpc) is 3.14. The largest absolute Gasteiger partial charge is 0.302 e. The molecule has 0 bridgehead atoms. The molecular weight excluding hydrogens is 286 g/mol. The molecule has 1 saturated carbocycles. The molecule has 0 unspecified atom stereocenters. The van der Waals surface area contributed by atoms with Crippen LogP contribution in [0.25, 0.3) is 0 Å². The Morgan fingerprint density at radius 1 is 1.22 bits per heavy atom. The number of rotatable bonds is 2. The maximum atomic E-state index is 12.8. The van der Waals surface area contributed by atoms with Crippen LogP contribution in [0.5, 0.6) is 0 Å². The molecule has 23 heavy (non-hydrogen) atoms. The molecule has 4 heteroatoms. The van der Waals surface area contributed by atoms with E-state index >= 15 is 0 Å². The van der Waals surface area contributed by atoms with Gasteiger partial charge in [-0.25, -0.2) is 0 Å². The van der Waals surface area contributed by atoms with Gasteiger partial charge in [0.05, 0.1) is 0 Å². The summed E-state index contributed by atoms with van der Waals surface area (Å²) in [6.45, 7) is 7.16. The smallest absolute Gasteiger partial charge is 0.255 e. The minimum absolute atomic E-state index is 0.222. The molecule has 1 aromatic carbocycles. The van der Waals surface area contributed by atoms with E-state index in [2.05, 4.69) is 36.1 Å². The molecule has 0 radical (unpaired) electrons. The minimum atomic E-state index is -0.453. The van der Waals surface area contributed by atoms with Crippen LogP contribution in [0, 0.1) is 18.8 Å². The molecule has 3 atom stereocenters. The van der Waals surface area contributed by atoms with Crippen LogP contribution in [0.2, 0.25) is 0 Å². The van der Waals surface area contributed by atoms with Crippen molar-refractivity contribution in [3.63, 3.8) is 0 Å². The van der Waals surface area contributed by atoms with E-state index in [1.165, 1.54) is 11.1 Å². The molecule has 1 amide bonds. The first-order chi connectivity index (χ1) is 11.0. The van der Waals surface area contributed by atoms with Gasteiger partial charge in [-0.05, 0) is 38.2 Å². The van der Waals surface area contributed by atoms with Crippen LogP contribution in [0.1, 0.15) is 30.9 Å². The van der Waals surface area contributed by atoms with Gasteiger partial charge in [0, 0.05) is 32.6 Å². The molecule has 1 aliphatic carbocycles. The summed E-state index contributed by atoms with van der Waals surface area (Å²) in [5.41, 5.74) is 2.21. The van der Waals surface area contributed by atoms with Gasteiger partial charge >= 0.3 is 0 Å². The van der Waals surface area contributed by atoms with E-state index in [4.69, 9.17) is 4.99 Å². The Bertz CT molecular complexity index is 666. The van der Waals surface area contributed by atoms with Crippen molar-refractivity contribution in [3.8, 4) is 0 Å². The lowest BCUT2D eigenvalue weighted by Gasteiger charge is -2.27. The summed E-state index contributed by atoms with van der Waals surface area (Å²) >= 11 is 0. The predicted molar refractivity (Wildman–Crippen MR) is 91.3 cm³/mol. The summed E-state index contributed by atoms with van der Waals surface area (Å²) < 4.78 is 0. The number of aliphatic imine (C=N–C) groups is 1. The van der Waals surface area contributed by atoms with Crippen molar-refractivity contribution in [3.05, 3.63) is 35.4 Å². The Hall–Kier alpha value is -1.68. The van der Waals surface area contributed by atoms with Gasteiger partial charge in [-0.3, -0.25) is 14.7 Å². The molecule has 122 valence electrons. The normalized spacial score (nSPS) is 33.6. The zero-order chi connectivity index (χ0) is 16.2. The van der Waals surface area contributed by atoms with Crippen LogP contribution < -0.4 is 0 Å². The first kappa shape index (κ1) is 14.9. The molecule has 0 aromatic heterocycles. The SMILES string of the molecule is CC1=N[C@]2(CC[C@H]3CN(Cc4ccc(C)cc4)C[C@H]32)C(=O)N1C. The number of nitrogens with zero attached hydrogens (tertiary/aromatic N) is 3. The Labute approximate surface area is 138 Å². The van der Waals surface area contributed by atoms with Crippen LogP contribution in [-0.2, 0) is 11.3 Å². The fourth-order valence-corrected chi connectivity index (χ4v) is 4.72. The zero-order valence-electron chi connectivity index (χ0n) is 14.2. The summed E-state index contributed by atoms with van der Waals surface area (Å²) in [5, 5.41) is 0. The van der Waals surface area contributed by atoms with Crippen molar-refractivity contribution in [2.24, 2.45) is 16.8 Å². The predicted octanol–water partition coefficient (Wildman–Crippen LogP) is 2.47. The Morgan fingerprint density at radius 2 is 1.96 bits per heavy atom. The van der Waals surface area contributed by atoms with Gasteiger partial charge in [-0.1, -0.05) is 29.8 Å². The fraction of sp³-hybridized carbons (Fsp3) is 0.579. The highest BCUT2D eigenvalue weighted by molar-refractivity contribution is 6.07. The summed E-state index contributed by atoms with van der Waals surface area (Å²) in [6.07, 6.45) is 2.06. The number of benzene rings is 1. The van der Waals surface area contributed by atoms with Crippen molar-refractivity contribution in [2.45, 2.75) is 38.8 Å². The van der Waals surface area contributed by atoms with Gasteiger partial charge in [0.1, 0.15) is 11.4 Å². The van der Waals surface area contributed by atoms with Gasteiger partial charge in [0.25, 0.3) is 5.91 Å². The molecule has 3 aliphatic rings. The third kappa shape index (κ3) is 2.23. The number of likely N-dealkylation sites (N-methyl/N-ethyl adjacent to an activating group) is 1. The Morgan fingerprint density at radius 3 is 2.61 bits per heavy atom. The number of amides is 1. The quantitative estimate of drug-likeness (QED) is 0.841. The first-order valence-corrected chi connectivity index (χ1v) is 8.62. The number of aryl methyl sites for hydroxylation is 1. The van der Waals surface area contributed by atoms with Gasteiger partial charge in [-0.2, -0.15) is 0 Å². The van der Waals surface area contributed by atoms with Crippen molar-refractivity contribution < 1.29 is 4.79 Å². The molecule has 4 rings (SSSR count). The molecule has 2 fully saturated rings. The summed E-state index contributed by atoms with van der Waals surface area (Å²) in [7, 11) is 1.86. The molecule has 4 nitrogen and oxygen atoms in total. The number of carbonyl (C=O) groups is 1. The van der Waals surface area contributed by atoms with E-state index in [-0.39, 0.29) is 5.91 Å². The summed E-state index contributed by atoms with van der Waals surface area (Å²) in [6, 6.07) is 8.79. The molecule has 1 spiro atoms. The van der Waals surface area contributed by atoms with Crippen LogP contribution in [0.15, 0.2) is 29.3 Å².